The van der Waals surface area contributed by atoms with Gasteiger partial charge in [-0.1, -0.05) is 24.3 Å². The standard InChI is InChI=1S/C20H31N3O2/c1-16(23-12-7-17-5-3-4-6-18(17)13-23)19(24)22-14-20(15-25-2)8-10-21-11-9-20/h3-6,16,21H,7-15H2,1-2H3,(H,22,24). The van der Waals surface area contributed by atoms with E-state index in [0.717, 1.165) is 45.4 Å². The van der Waals surface area contributed by atoms with Gasteiger partial charge in [0.15, 0.2) is 0 Å². The van der Waals surface area contributed by atoms with Gasteiger partial charge in [-0.2, -0.15) is 0 Å². The molecule has 1 amide bonds. The molecule has 2 N–H and O–H groups in total. The van der Waals surface area contributed by atoms with Gasteiger partial charge < -0.3 is 15.4 Å². The average Bonchev–Trinajstić information content (AvgIpc) is 2.66. The zero-order chi connectivity index (χ0) is 17.7. The zero-order valence-electron chi connectivity index (χ0n) is 15.5. The van der Waals surface area contributed by atoms with Gasteiger partial charge >= 0.3 is 0 Å². The molecule has 2 heterocycles. The molecule has 1 aromatic rings. The topological polar surface area (TPSA) is 53.6 Å². The van der Waals surface area contributed by atoms with Crippen LogP contribution in [0.4, 0.5) is 0 Å². The average molecular weight is 345 g/mol. The van der Waals surface area contributed by atoms with Gasteiger partial charge in [0.25, 0.3) is 0 Å². The van der Waals surface area contributed by atoms with Crippen LogP contribution in [0.15, 0.2) is 24.3 Å². The minimum atomic E-state index is -0.102. The molecule has 0 saturated carbocycles. The maximum atomic E-state index is 12.7. The van der Waals surface area contributed by atoms with Crippen LogP contribution in [-0.2, 0) is 22.5 Å². The highest BCUT2D eigenvalue weighted by molar-refractivity contribution is 5.81. The lowest BCUT2D eigenvalue weighted by Crippen LogP contribution is -2.52. The Labute approximate surface area is 151 Å². The summed E-state index contributed by atoms with van der Waals surface area (Å²) < 4.78 is 5.44. The van der Waals surface area contributed by atoms with E-state index >= 15 is 0 Å². The fraction of sp³-hybridized carbons (Fsp3) is 0.650. The van der Waals surface area contributed by atoms with Crippen molar-refractivity contribution < 1.29 is 9.53 Å². The van der Waals surface area contributed by atoms with Crippen LogP contribution in [0, 0.1) is 5.41 Å². The number of rotatable bonds is 6. The Balaban J connectivity index is 1.56. The summed E-state index contributed by atoms with van der Waals surface area (Å²) in [5.41, 5.74) is 2.84. The van der Waals surface area contributed by atoms with Gasteiger partial charge in [0, 0.05) is 32.2 Å². The van der Waals surface area contributed by atoms with Crippen molar-refractivity contribution in [3.63, 3.8) is 0 Å². The van der Waals surface area contributed by atoms with Crippen LogP contribution in [0.1, 0.15) is 30.9 Å². The summed E-state index contributed by atoms with van der Waals surface area (Å²) >= 11 is 0. The van der Waals surface area contributed by atoms with Crippen molar-refractivity contribution in [2.75, 3.05) is 39.9 Å². The van der Waals surface area contributed by atoms with Crippen molar-refractivity contribution in [2.45, 2.75) is 38.8 Å². The van der Waals surface area contributed by atoms with E-state index in [0.29, 0.717) is 13.2 Å². The maximum Gasteiger partial charge on any atom is 0.237 e. The number of fused-ring (bicyclic) bond motifs is 1. The Hall–Kier alpha value is -1.43. The van der Waals surface area contributed by atoms with Crippen molar-refractivity contribution in [3.8, 4) is 0 Å². The van der Waals surface area contributed by atoms with Crippen molar-refractivity contribution in [1.82, 2.24) is 15.5 Å². The Morgan fingerprint density at radius 2 is 2.04 bits per heavy atom. The third-order valence-electron chi connectivity index (χ3n) is 5.84. The van der Waals surface area contributed by atoms with Gasteiger partial charge in [-0.3, -0.25) is 9.69 Å². The van der Waals surface area contributed by atoms with E-state index in [2.05, 4.69) is 39.8 Å². The van der Waals surface area contributed by atoms with E-state index in [1.54, 1.807) is 7.11 Å². The number of nitrogens with one attached hydrogen (secondary N) is 2. The van der Waals surface area contributed by atoms with Crippen molar-refractivity contribution in [1.29, 1.82) is 0 Å². The molecular weight excluding hydrogens is 314 g/mol. The number of hydrogen-bond donors (Lipinski definition) is 2. The molecule has 1 fully saturated rings. The van der Waals surface area contributed by atoms with E-state index in [1.807, 2.05) is 6.92 Å². The molecule has 0 aromatic heterocycles. The first-order valence-electron chi connectivity index (χ1n) is 9.42. The minimum absolute atomic E-state index is 0.0733. The Morgan fingerprint density at radius 1 is 1.32 bits per heavy atom. The number of methoxy groups -OCH3 is 1. The van der Waals surface area contributed by atoms with E-state index in [9.17, 15) is 4.79 Å². The predicted molar refractivity (Wildman–Crippen MR) is 99.4 cm³/mol. The second-order valence-electron chi connectivity index (χ2n) is 7.57. The molecule has 5 heteroatoms. The first kappa shape index (κ1) is 18.4. The van der Waals surface area contributed by atoms with E-state index < -0.39 is 0 Å². The summed E-state index contributed by atoms with van der Waals surface area (Å²) in [5.74, 6) is 0.133. The molecule has 1 atom stereocenters. The monoisotopic (exact) mass is 345 g/mol. The molecule has 138 valence electrons. The summed E-state index contributed by atoms with van der Waals surface area (Å²) in [7, 11) is 1.75. The second-order valence-corrected chi connectivity index (χ2v) is 7.57. The molecule has 1 saturated heterocycles. The Kier molecular flexibility index (Phi) is 6.10. The summed E-state index contributed by atoms with van der Waals surface area (Å²) in [4.78, 5) is 15.0. The van der Waals surface area contributed by atoms with Gasteiger partial charge in [0.2, 0.25) is 5.91 Å². The zero-order valence-corrected chi connectivity index (χ0v) is 15.5. The van der Waals surface area contributed by atoms with Gasteiger partial charge in [0.05, 0.1) is 12.6 Å². The SMILES string of the molecule is COCC1(CNC(=O)C(C)N2CCc3ccccc3C2)CCNCC1. The number of piperidine rings is 1. The summed E-state index contributed by atoms with van der Waals surface area (Å²) in [6, 6.07) is 8.45. The van der Waals surface area contributed by atoms with Crippen LogP contribution in [0.2, 0.25) is 0 Å². The lowest BCUT2D eigenvalue weighted by atomic mass is 9.79. The van der Waals surface area contributed by atoms with Crippen LogP contribution in [-0.4, -0.2) is 56.7 Å². The summed E-state index contributed by atoms with van der Waals surface area (Å²) in [6.45, 7) is 7.23. The molecule has 1 aromatic carbocycles. The van der Waals surface area contributed by atoms with Gasteiger partial charge in [0.1, 0.15) is 0 Å². The van der Waals surface area contributed by atoms with Crippen molar-refractivity contribution in [2.24, 2.45) is 5.41 Å². The number of carbonyl (C=O) groups excluding carboxylic acids is 1. The van der Waals surface area contributed by atoms with Gasteiger partial charge in [-0.25, -0.2) is 0 Å². The summed E-state index contributed by atoms with van der Waals surface area (Å²) in [5, 5.41) is 6.60. The van der Waals surface area contributed by atoms with Crippen molar-refractivity contribution >= 4 is 5.91 Å². The first-order chi connectivity index (χ1) is 12.1. The Bertz CT molecular complexity index is 579. The molecule has 5 nitrogen and oxygen atoms in total. The van der Waals surface area contributed by atoms with Crippen LogP contribution in [0.25, 0.3) is 0 Å². The molecule has 3 rings (SSSR count). The molecule has 0 radical (unpaired) electrons. The minimum Gasteiger partial charge on any atom is -0.384 e. The smallest absolute Gasteiger partial charge is 0.237 e. The number of ether oxygens (including phenoxy) is 1. The second kappa shape index (κ2) is 8.30. The largest absolute Gasteiger partial charge is 0.384 e. The number of carbonyl (C=O) groups is 1. The molecular formula is C20H31N3O2. The Morgan fingerprint density at radius 3 is 2.76 bits per heavy atom. The van der Waals surface area contributed by atoms with Crippen LogP contribution >= 0.6 is 0 Å². The van der Waals surface area contributed by atoms with E-state index in [4.69, 9.17) is 4.74 Å². The van der Waals surface area contributed by atoms with E-state index in [-0.39, 0.29) is 17.4 Å². The number of nitrogens with zero attached hydrogens (tertiary/aromatic N) is 1. The molecule has 1 unspecified atom stereocenters. The van der Waals surface area contributed by atoms with Crippen molar-refractivity contribution in [3.05, 3.63) is 35.4 Å². The third-order valence-corrected chi connectivity index (χ3v) is 5.84. The fourth-order valence-corrected chi connectivity index (χ4v) is 4.07. The molecule has 25 heavy (non-hydrogen) atoms. The highest BCUT2D eigenvalue weighted by Crippen LogP contribution is 2.28. The highest BCUT2D eigenvalue weighted by atomic mass is 16.5. The first-order valence-corrected chi connectivity index (χ1v) is 9.42. The van der Waals surface area contributed by atoms with Gasteiger partial charge in [-0.05, 0) is 50.4 Å². The molecule has 0 spiro atoms. The quantitative estimate of drug-likeness (QED) is 0.822. The molecule has 0 aliphatic carbocycles. The van der Waals surface area contributed by atoms with Crippen LogP contribution < -0.4 is 10.6 Å². The predicted octanol–water partition coefficient (Wildman–Crippen LogP) is 1.57. The van der Waals surface area contributed by atoms with E-state index in [1.165, 1.54) is 11.1 Å². The highest BCUT2D eigenvalue weighted by Gasteiger charge is 2.33. The molecule has 2 aliphatic rings. The molecule has 2 aliphatic heterocycles. The normalized spacial score (nSPS) is 21.4. The third kappa shape index (κ3) is 4.40. The molecule has 0 bridgehead atoms. The number of amides is 1. The fourth-order valence-electron chi connectivity index (χ4n) is 4.07. The number of hydrogen-bond acceptors (Lipinski definition) is 4. The summed E-state index contributed by atoms with van der Waals surface area (Å²) in [6.07, 6.45) is 3.12. The van der Waals surface area contributed by atoms with Crippen LogP contribution in [0.5, 0.6) is 0 Å². The lowest BCUT2D eigenvalue weighted by Gasteiger charge is -2.38. The van der Waals surface area contributed by atoms with Gasteiger partial charge in [-0.15, -0.1) is 0 Å². The maximum absolute atomic E-state index is 12.7. The lowest BCUT2D eigenvalue weighted by molar-refractivity contribution is -0.127. The van der Waals surface area contributed by atoms with Crippen LogP contribution in [0.3, 0.4) is 0 Å². The number of benzene rings is 1.